The first-order valence-corrected chi connectivity index (χ1v) is 5.33. The van der Waals surface area contributed by atoms with Crippen LogP contribution >= 0.6 is 0 Å². The number of halogens is 1. The number of rotatable bonds is 5. The van der Waals surface area contributed by atoms with Crippen LogP contribution in [0.2, 0.25) is 0 Å². The number of anilines is 1. The normalized spacial score (nSPS) is 12.6. The van der Waals surface area contributed by atoms with E-state index in [-0.39, 0.29) is 18.5 Å². The van der Waals surface area contributed by atoms with Crippen molar-refractivity contribution in [1.82, 2.24) is 0 Å². The molecule has 0 aliphatic carbocycles. The molecule has 1 aromatic rings. The number of benzene rings is 1. The van der Waals surface area contributed by atoms with E-state index in [2.05, 4.69) is 0 Å². The van der Waals surface area contributed by atoms with Crippen molar-refractivity contribution in [3.8, 4) is 0 Å². The van der Waals surface area contributed by atoms with Crippen LogP contribution in [-0.4, -0.2) is 29.9 Å². The Balaban J connectivity index is 2.71. The van der Waals surface area contributed by atoms with E-state index >= 15 is 0 Å². The highest BCUT2D eigenvalue weighted by atomic mass is 19.1. The molecule has 0 aromatic heterocycles. The molecule has 0 fully saturated rings. The van der Waals surface area contributed by atoms with Crippen LogP contribution in [0, 0.1) is 5.82 Å². The Labute approximate surface area is 95.1 Å². The lowest BCUT2D eigenvalue weighted by Crippen LogP contribution is -2.22. The second-order valence-electron chi connectivity index (χ2n) is 4.00. The molecule has 1 unspecified atom stereocenters. The first-order valence-electron chi connectivity index (χ1n) is 5.33. The molecule has 0 heterocycles. The van der Waals surface area contributed by atoms with Gasteiger partial charge in [-0.25, -0.2) is 4.39 Å². The minimum atomic E-state index is -0.387. The van der Waals surface area contributed by atoms with Gasteiger partial charge >= 0.3 is 0 Å². The third kappa shape index (κ3) is 3.47. The van der Waals surface area contributed by atoms with Crippen LogP contribution in [0.5, 0.6) is 0 Å². The summed E-state index contributed by atoms with van der Waals surface area (Å²) >= 11 is 0. The van der Waals surface area contributed by atoms with E-state index in [1.54, 1.807) is 31.0 Å². The van der Waals surface area contributed by atoms with Crippen LogP contribution in [-0.2, 0) is 6.61 Å². The zero-order valence-corrected chi connectivity index (χ0v) is 9.65. The van der Waals surface area contributed by atoms with Crippen molar-refractivity contribution in [2.45, 2.75) is 26.1 Å². The van der Waals surface area contributed by atoms with Gasteiger partial charge in [0.2, 0.25) is 0 Å². The molecule has 1 rings (SSSR count). The van der Waals surface area contributed by atoms with Gasteiger partial charge in [-0.1, -0.05) is 6.07 Å². The zero-order chi connectivity index (χ0) is 12.1. The van der Waals surface area contributed by atoms with Crippen LogP contribution in [0.4, 0.5) is 10.1 Å². The summed E-state index contributed by atoms with van der Waals surface area (Å²) in [5, 5.41) is 18.0. The lowest BCUT2D eigenvalue weighted by atomic mass is 10.2. The van der Waals surface area contributed by atoms with E-state index in [4.69, 9.17) is 10.2 Å². The molecular weight excluding hydrogens is 209 g/mol. The zero-order valence-electron chi connectivity index (χ0n) is 9.65. The molecular formula is C12H18FNO2. The fourth-order valence-electron chi connectivity index (χ4n) is 1.46. The lowest BCUT2D eigenvalue weighted by Gasteiger charge is -2.21. The Morgan fingerprint density at radius 2 is 2.12 bits per heavy atom. The highest BCUT2D eigenvalue weighted by molar-refractivity contribution is 5.48. The Kier molecular flexibility index (Phi) is 4.71. The Hall–Kier alpha value is -1.13. The second kappa shape index (κ2) is 5.82. The molecule has 0 bridgehead atoms. The van der Waals surface area contributed by atoms with Gasteiger partial charge in [0.25, 0.3) is 0 Å². The van der Waals surface area contributed by atoms with Crippen molar-refractivity contribution in [2.75, 3.05) is 18.5 Å². The average Bonchev–Trinajstić information content (AvgIpc) is 2.25. The van der Waals surface area contributed by atoms with Gasteiger partial charge < -0.3 is 15.1 Å². The van der Waals surface area contributed by atoms with Crippen molar-refractivity contribution < 1.29 is 14.6 Å². The van der Waals surface area contributed by atoms with Gasteiger partial charge in [0.15, 0.2) is 0 Å². The largest absolute Gasteiger partial charge is 0.393 e. The molecule has 4 heteroatoms. The van der Waals surface area contributed by atoms with Gasteiger partial charge in [-0.3, -0.25) is 0 Å². The predicted octanol–water partition coefficient (Wildman–Crippen LogP) is 1.53. The van der Waals surface area contributed by atoms with E-state index in [0.717, 1.165) is 0 Å². The van der Waals surface area contributed by atoms with Crippen molar-refractivity contribution >= 4 is 5.69 Å². The fraction of sp³-hybridized carbons (Fsp3) is 0.500. The summed E-state index contributed by atoms with van der Waals surface area (Å²) in [5.74, 6) is -0.348. The molecule has 0 saturated heterocycles. The number of aliphatic hydroxyl groups excluding tert-OH is 2. The number of hydrogen-bond donors (Lipinski definition) is 2. The average molecular weight is 227 g/mol. The van der Waals surface area contributed by atoms with Crippen molar-refractivity contribution in [3.05, 3.63) is 29.6 Å². The summed E-state index contributed by atoms with van der Waals surface area (Å²) in [6, 6.07) is 4.66. The van der Waals surface area contributed by atoms with Crippen LogP contribution in [0.1, 0.15) is 18.9 Å². The third-order valence-corrected chi connectivity index (χ3v) is 2.49. The number of aliphatic hydroxyl groups is 2. The molecule has 0 aliphatic heterocycles. The summed E-state index contributed by atoms with van der Waals surface area (Å²) < 4.78 is 13.6. The van der Waals surface area contributed by atoms with E-state index in [9.17, 15) is 4.39 Å². The number of nitrogens with zero attached hydrogens (tertiary/aromatic N) is 1. The molecule has 0 aliphatic rings. The van der Waals surface area contributed by atoms with Gasteiger partial charge in [0, 0.05) is 13.6 Å². The van der Waals surface area contributed by atoms with Crippen LogP contribution in [0.15, 0.2) is 18.2 Å². The minimum Gasteiger partial charge on any atom is -0.393 e. The van der Waals surface area contributed by atoms with Gasteiger partial charge in [0.1, 0.15) is 5.82 Å². The highest BCUT2D eigenvalue weighted by Crippen LogP contribution is 2.19. The summed E-state index contributed by atoms with van der Waals surface area (Å²) in [6.45, 7) is 2.14. The molecule has 2 N–H and O–H groups in total. The molecule has 0 amide bonds. The molecule has 90 valence electrons. The Morgan fingerprint density at radius 3 is 2.62 bits per heavy atom. The maximum absolute atomic E-state index is 13.6. The van der Waals surface area contributed by atoms with Gasteiger partial charge in [-0.15, -0.1) is 0 Å². The third-order valence-electron chi connectivity index (χ3n) is 2.49. The molecule has 0 radical (unpaired) electrons. The molecule has 3 nitrogen and oxygen atoms in total. The van der Waals surface area contributed by atoms with Gasteiger partial charge in [-0.2, -0.15) is 0 Å². The second-order valence-corrected chi connectivity index (χ2v) is 4.00. The van der Waals surface area contributed by atoms with Crippen molar-refractivity contribution in [1.29, 1.82) is 0 Å². The first kappa shape index (κ1) is 12.9. The molecule has 0 saturated carbocycles. The fourth-order valence-corrected chi connectivity index (χ4v) is 1.46. The summed E-state index contributed by atoms with van der Waals surface area (Å²) in [5.41, 5.74) is 1.04. The molecule has 1 atom stereocenters. The van der Waals surface area contributed by atoms with Crippen molar-refractivity contribution in [3.63, 3.8) is 0 Å². The maximum atomic E-state index is 13.6. The smallest absolute Gasteiger partial charge is 0.146 e. The van der Waals surface area contributed by atoms with Crippen molar-refractivity contribution in [2.24, 2.45) is 0 Å². The van der Waals surface area contributed by atoms with E-state index < -0.39 is 0 Å². The molecule has 0 spiro atoms. The van der Waals surface area contributed by atoms with Gasteiger partial charge in [0.05, 0.1) is 18.4 Å². The first-order chi connectivity index (χ1) is 7.54. The number of hydrogen-bond acceptors (Lipinski definition) is 3. The maximum Gasteiger partial charge on any atom is 0.146 e. The predicted molar refractivity (Wildman–Crippen MR) is 61.9 cm³/mol. The SMILES string of the molecule is CC(O)CCN(C)c1ccc(CO)cc1F. The molecule has 1 aromatic carbocycles. The Bertz CT molecular complexity index is 342. The van der Waals surface area contributed by atoms with E-state index in [1.807, 2.05) is 0 Å². The summed E-state index contributed by atoms with van der Waals surface area (Å²) in [4.78, 5) is 1.75. The standard InChI is InChI=1S/C12H18FNO2/c1-9(16)5-6-14(2)12-4-3-10(8-15)7-11(12)13/h3-4,7,9,15-16H,5-6,8H2,1-2H3. The summed E-state index contributed by atoms with van der Waals surface area (Å²) in [7, 11) is 1.78. The van der Waals surface area contributed by atoms with E-state index in [1.165, 1.54) is 6.07 Å². The van der Waals surface area contributed by atoms with Crippen LogP contribution in [0.3, 0.4) is 0 Å². The quantitative estimate of drug-likeness (QED) is 0.801. The van der Waals surface area contributed by atoms with E-state index in [0.29, 0.717) is 24.2 Å². The van der Waals surface area contributed by atoms with Gasteiger partial charge in [-0.05, 0) is 31.0 Å². The topological polar surface area (TPSA) is 43.7 Å². The summed E-state index contributed by atoms with van der Waals surface area (Å²) in [6.07, 6.45) is 0.208. The van der Waals surface area contributed by atoms with Crippen LogP contribution < -0.4 is 4.90 Å². The van der Waals surface area contributed by atoms with Crippen LogP contribution in [0.25, 0.3) is 0 Å². The lowest BCUT2D eigenvalue weighted by molar-refractivity contribution is 0.187. The monoisotopic (exact) mass is 227 g/mol. The molecule has 16 heavy (non-hydrogen) atoms. The highest BCUT2D eigenvalue weighted by Gasteiger charge is 2.08. The minimum absolute atomic E-state index is 0.158. The Morgan fingerprint density at radius 1 is 1.44 bits per heavy atom.